The van der Waals surface area contributed by atoms with Gasteiger partial charge in [0, 0.05) is 65.4 Å². The van der Waals surface area contributed by atoms with Crippen molar-refractivity contribution in [2.75, 3.05) is 0 Å². The fourth-order valence-electron chi connectivity index (χ4n) is 2.87. The van der Waals surface area contributed by atoms with Gasteiger partial charge < -0.3 is 0 Å². The van der Waals surface area contributed by atoms with Crippen molar-refractivity contribution in [2.24, 2.45) is 0 Å². The molecule has 0 heterocycles. The zero-order valence-corrected chi connectivity index (χ0v) is 20.1. The Morgan fingerprint density at radius 2 is 0.500 bits per heavy atom. The van der Waals surface area contributed by atoms with Crippen LogP contribution in [0.2, 0.25) is 0 Å². The van der Waals surface area contributed by atoms with Gasteiger partial charge in [-0.1, -0.05) is 48.5 Å². The normalized spacial score (nSPS) is 9.69. The first-order chi connectivity index (χ1) is 11.9. The molecule has 0 nitrogen and oxygen atoms in total. The molecule has 0 fully saturated rings. The average Bonchev–Trinajstić information content (AvgIpc) is 2.70. The van der Waals surface area contributed by atoms with Gasteiger partial charge in [0.1, 0.15) is 0 Å². The van der Waals surface area contributed by atoms with Gasteiger partial charge in [-0.25, -0.2) is 0 Å². The molecule has 4 aromatic rings. The Morgan fingerprint density at radius 1 is 0.308 bits per heavy atom. The van der Waals surface area contributed by atoms with Gasteiger partial charge >= 0.3 is 0 Å². The van der Waals surface area contributed by atoms with E-state index in [1.165, 1.54) is 33.4 Å². The zero-order chi connectivity index (χ0) is 16.2. The van der Waals surface area contributed by atoms with Crippen molar-refractivity contribution in [3.05, 3.63) is 109 Å². The molecule has 0 aliphatic rings. The maximum Gasteiger partial charge on any atom is 0 e. The maximum atomic E-state index is 3.06. The van der Waals surface area contributed by atoms with Crippen molar-refractivity contribution in [3.8, 4) is 33.4 Å². The molecule has 0 aliphatic heterocycles. The molecule has 0 aromatic heterocycles. The van der Waals surface area contributed by atoms with E-state index in [9.17, 15) is 0 Å². The Balaban J connectivity index is 0.00000121. The van der Waals surface area contributed by atoms with Crippen molar-refractivity contribution in [1.29, 1.82) is 0 Å². The molecule has 2 radical (unpaired) electrons. The van der Waals surface area contributed by atoms with Crippen LogP contribution in [-0.4, -0.2) is 0 Å². The second-order valence-corrected chi connectivity index (χ2v) is 5.73. The second kappa shape index (κ2) is 10.4. The molecule has 4 rings (SSSR count). The van der Waals surface area contributed by atoms with Gasteiger partial charge in [-0.3, -0.25) is 0 Å². The summed E-state index contributed by atoms with van der Waals surface area (Å²) in [6, 6.07) is 39.6. The van der Waals surface area contributed by atoms with Crippen LogP contribution in [0.25, 0.3) is 33.4 Å². The molecule has 0 aliphatic carbocycles. The first-order valence-electron chi connectivity index (χ1n) is 8.04. The molecule has 0 bridgehead atoms. The van der Waals surface area contributed by atoms with E-state index in [1.54, 1.807) is 0 Å². The van der Waals surface area contributed by atoms with E-state index in [2.05, 4.69) is 84.9 Å². The molecule has 0 saturated carbocycles. The fraction of sp³-hybridized carbons (Fsp3) is 0. The van der Waals surface area contributed by atoms with Crippen LogP contribution in [0.15, 0.2) is 97.1 Å². The number of hydrogen-bond donors (Lipinski definition) is 0. The zero-order valence-electron chi connectivity index (χ0n) is 14.4. The van der Waals surface area contributed by atoms with Crippen LogP contribution in [0.4, 0.5) is 0 Å². The molecule has 2 heteroatoms. The summed E-state index contributed by atoms with van der Waals surface area (Å²) < 4.78 is 0. The van der Waals surface area contributed by atoms with Gasteiger partial charge in [0.15, 0.2) is 0 Å². The monoisotopic (exact) mass is 482 g/mol. The smallest absolute Gasteiger partial charge is 0 e. The summed E-state index contributed by atoms with van der Waals surface area (Å²) in [5.74, 6) is 0. The fourth-order valence-corrected chi connectivity index (χ4v) is 2.87. The van der Waals surface area contributed by atoms with E-state index < -0.39 is 0 Å². The summed E-state index contributed by atoms with van der Waals surface area (Å²) in [5, 5.41) is 0. The quantitative estimate of drug-likeness (QED) is 0.302. The minimum atomic E-state index is 0. The van der Waals surface area contributed by atoms with Gasteiger partial charge in [-0.15, -0.1) is 11.1 Å². The number of benzene rings is 4. The number of rotatable bonds is 3. The van der Waals surface area contributed by atoms with Gasteiger partial charge in [-0.05, 0) is 22.3 Å². The molecular formula is C24H16Y2-2. The van der Waals surface area contributed by atoms with Crippen LogP contribution in [-0.2, 0) is 65.4 Å². The van der Waals surface area contributed by atoms with Gasteiger partial charge in [-0.2, -0.15) is 60.7 Å². The van der Waals surface area contributed by atoms with Crippen LogP contribution in [0.5, 0.6) is 0 Å². The summed E-state index contributed by atoms with van der Waals surface area (Å²) in [4.78, 5) is 0. The average molecular weight is 482 g/mol. The Kier molecular flexibility index (Phi) is 8.58. The van der Waals surface area contributed by atoms with Crippen LogP contribution in [0.1, 0.15) is 0 Å². The molecule has 0 N–H and O–H groups in total. The molecule has 0 spiro atoms. The molecule has 26 heavy (non-hydrogen) atoms. The molecule has 0 amide bonds. The summed E-state index contributed by atoms with van der Waals surface area (Å²) in [7, 11) is 0. The third-order valence-electron chi connectivity index (χ3n) is 4.21. The van der Waals surface area contributed by atoms with E-state index in [0.29, 0.717) is 0 Å². The standard InChI is InChI=1S/C24H16.2Y/c1-3-7-19(8-4-1)21-11-15-23(16-12-21)24-17-13-22(14-18-24)20-9-5-2-6-10-20;;/h3-18H;;/q-2;;. The van der Waals surface area contributed by atoms with Gasteiger partial charge in [0.25, 0.3) is 0 Å². The summed E-state index contributed by atoms with van der Waals surface area (Å²) in [5.41, 5.74) is 7.35. The Labute approximate surface area is 205 Å². The minimum Gasteiger partial charge on any atom is -0.184 e. The Hall–Kier alpha value is -0.912. The van der Waals surface area contributed by atoms with E-state index in [-0.39, 0.29) is 65.4 Å². The van der Waals surface area contributed by atoms with Crippen molar-refractivity contribution >= 4 is 0 Å². The largest absolute Gasteiger partial charge is 0.184 e. The van der Waals surface area contributed by atoms with Crippen molar-refractivity contribution < 1.29 is 65.4 Å². The van der Waals surface area contributed by atoms with Crippen molar-refractivity contribution in [3.63, 3.8) is 0 Å². The Bertz CT molecular complexity index is 832. The van der Waals surface area contributed by atoms with Crippen LogP contribution in [0.3, 0.4) is 0 Å². The summed E-state index contributed by atoms with van der Waals surface area (Å²) >= 11 is 0. The number of hydrogen-bond acceptors (Lipinski definition) is 0. The first-order valence-corrected chi connectivity index (χ1v) is 8.04. The van der Waals surface area contributed by atoms with Crippen molar-refractivity contribution in [2.45, 2.75) is 0 Å². The molecule has 0 saturated heterocycles. The molecule has 4 aromatic carbocycles. The van der Waals surface area contributed by atoms with Crippen LogP contribution >= 0.6 is 0 Å². The van der Waals surface area contributed by atoms with Gasteiger partial charge in [0.2, 0.25) is 0 Å². The van der Waals surface area contributed by atoms with Crippen LogP contribution < -0.4 is 0 Å². The second-order valence-electron chi connectivity index (χ2n) is 5.73. The van der Waals surface area contributed by atoms with Crippen molar-refractivity contribution in [1.82, 2.24) is 0 Å². The van der Waals surface area contributed by atoms with Crippen LogP contribution in [0, 0.1) is 12.1 Å². The summed E-state index contributed by atoms with van der Waals surface area (Å²) in [6.07, 6.45) is 0. The topological polar surface area (TPSA) is 0 Å². The van der Waals surface area contributed by atoms with Gasteiger partial charge in [0.05, 0.1) is 0 Å². The predicted molar refractivity (Wildman–Crippen MR) is 100 cm³/mol. The molecule has 0 atom stereocenters. The molecule has 0 unspecified atom stereocenters. The predicted octanol–water partition coefficient (Wildman–Crippen LogP) is 6.28. The third kappa shape index (κ3) is 5.08. The van der Waals surface area contributed by atoms with E-state index in [4.69, 9.17) is 0 Å². The Morgan fingerprint density at radius 3 is 0.731 bits per heavy atom. The SMILES string of the molecule is [Y].[Y].[c-]1ccc(-c2ccc(-c3ccc(-c4cc[c-]cc4)cc3)cc2)cc1. The van der Waals surface area contributed by atoms with E-state index in [0.717, 1.165) is 0 Å². The molecule has 120 valence electrons. The third-order valence-corrected chi connectivity index (χ3v) is 4.21. The van der Waals surface area contributed by atoms with E-state index >= 15 is 0 Å². The van der Waals surface area contributed by atoms with E-state index in [1.807, 2.05) is 24.3 Å². The summed E-state index contributed by atoms with van der Waals surface area (Å²) in [6.45, 7) is 0. The maximum absolute atomic E-state index is 3.06. The minimum absolute atomic E-state index is 0. The molecular weight excluding hydrogens is 466 g/mol. The first kappa shape index (κ1) is 21.4.